The molecule has 6 nitrogen and oxygen atoms in total. The highest BCUT2D eigenvalue weighted by atomic mass is 32.2. The Morgan fingerprint density at radius 2 is 1.69 bits per heavy atom. The van der Waals surface area contributed by atoms with Crippen LogP contribution in [0.5, 0.6) is 0 Å². The van der Waals surface area contributed by atoms with Crippen LogP contribution in [-0.2, 0) is 16.6 Å². The lowest BCUT2D eigenvalue weighted by Crippen LogP contribution is -2.25. The Labute approximate surface area is 188 Å². The van der Waals surface area contributed by atoms with Gasteiger partial charge in [-0.3, -0.25) is 9.52 Å². The van der Waals surface area contributed by atoms with E-state index in [0.29, 0.717) is 17.8 Å². The monoisotopic (exact) mass is 449 g/mol. The van der Waals surface area contributed by atoms with Crippen molar-refractivity contribution in [3.63, 3.8) is 0 Å². The Morgan fingerprint density at radius 1 is 0.938 bits per heavy atom. The zero-order valence-corrected chi connectivity index (χ0v) is 19.3. The van der Waals surface area contributed by atoms with Gasteiger partial charge in [0.25, 0.3) is 15.9 Å². The van der Waals surface area contributed by atoms with Gasteiger partial charge in [0.2, 0.25) is 0 Å². The second-order valence-electron chi connectivity index (χ2n) is 7.83. The fraction of sp³-hybridized carbons (Fsp3) is 0.240. The summed E-state index contributed by atoms with van der Waals surface area (Å²) < 4.78 is 31.1. The number of aryl methyl sites for hydroxylation is 2. The van der Waals surface area contributed by atoms with Gasteiger partial charge in [-0.25, -0.2) is 8.42 Å². The predicted molar refractivity (Wildman–Crippen MR) is 130 cm³/mol. The number of nitrogens with one attached hydrogen (secondary N) is 2. The number of carbonyl (C=O) groups excluding carboxylic acids is 1. The van der Waals surface area contributed by atoms with Gasteiger partial charge in [-0.2, -0.15) is 0 Å². The number of benzene rings is 3. The van der Waals surface area contributed by atoms with Crippen molar-refractivity contribution in [2.45, 2.75) is 38.6 Å². The SMILES string of the molecule is CCCNC(=O)c1cc(S(=O)(=O)Nc2ccc3c(c2)c2ccccc2n3CC)ccc1C. The maximum absolute atomic E-state index is 13.1. The number of aromatic nitrogens is 1. The molecule has 0 aliphatic heterocycles. The average molecular weight is 450 g/mol. The van der Waals surface area contributed by atoms with E-state index in [0.717, 1.165) is 40.3 Å². The quantitative estimate of drug-likeness (QED) is 0.414. The topological polar surface area (TPSA) is 80.2 Å². The lowest BCUT2D eigenvalue weighted by molar-refractivity contribution is 0.0953. The van der Waals surface area contributed by atoms with E-state index in [1.54, 1.807) is 19.1 Å². The number of nitrogens with zero attached hydrogens (tertiary/aromatic N) is 1. The number of amides is 1. The summed E-state index contributed by atoms with van der Waals surface area (Å²) >= 11 is 0. The van der Waals surface area contributed by atoms with Crippen LogP contribution in [0.1, 0.15) is 36.2 Å². The molecule has 4 aromatic rings. The van der Waals surface area contributed by atoms with Gasteiger partial charge in [0.05, 0.1) is 4.90 Å². The molecule has 4 rings (SSSR count). The van der Waals surface area contributed by atoms with Gasteiger partial charge in [0.15, 0.2) is 0 Å². The Balaban J connectivity index is 1.71. The van der Waals surface area contributed by atoms with E-state index < -0.39 is 10.0 Å². The zero-order valence-electron chi connectivity index (χ0n) is 18.5. The Kier molecular flexibility index (Phi) is 5.93. The summed E-state index contributed by atoms with van der Waals surface area (Å²) in [5, 5.41) is 4.88. The van der Waals surface area contributed by atoms with Crippen LogP contribution in [-0.4, -0.2) is 25.4 Å². The second kappa shape index (κ2) is 8.67. The molecule has 2 N–H and O–H groups in total. The first kappa shape index (κ1) is 21.9. The van der Waals surface area contributed by atoms with Gasteiger partial charge in [0.1, 0.15) is 0 Å². The van der Waals surface area contributed by atoms with E-state index in [4.69, 9.17) is 0 Å². The lowest BCUT2D eigenvalue weighted by Gasteiger charge is -2.12. The third-order valence-electron chi connectivity index (χ3n) is 5.64. The van der Waals surface area contributed by atoms with E-state index in [9.17, 15) is 13.2 Å². The molecule has 3 aromatic carbocycles. The van der Waals surface area contributed by atoms with E-state index in [1.165, 1.54) is 12.1 Å². The van der Waals surface area contributed by atoms with Gasteiger partial charge in [-0.05, 0) is 62.2 Å². The van der Waals surface area contributed by atoms with E-state index in [1.807, 2.05) is 37.3 Å². The Bertz CT molecular complexity index is 1420. The molecular weight excluding hydrogens is 422 g/mol. The van der Waals surface area contributed by atoms with E-state index in [-0.39, 0.29) is 10.8 Å². The van der Waals surface area contributed by atoms with Gasteiger partial charge >= 0.3 is 0 Å². The standard InChI is InChI=1S/C25H27N3O3S/c1-4-14-26-25(29)21-16-19(12-10-17(21)3)32(30,31)27-18-11-13-24-22(15-18)20-8-6-7-9-23(20)28(24)5-2/h6-13,15-16,27H,4-5,14H2,1-3H3,(H,26,29). The molecule has 0 unspecified atom stereocenters. The van der Waals surface area contributed by atoms with Gasteiger partial charge in [0, 0.05) is 46.1 Å². The van der Waals surface area contributed by atoms with Crippen molar-refractivity contribution in [2.24, 2.45) is 0 Å². The number of fused-ring (bicyclic) bond motifs is 3. The number of rotatable bonds is 7. The number of sulfonamides is 1. The summed E-state index contributed by atoms with van der Waals surface area (Å²) in [7, 11) is -3.86. The smallest absolute Gasteiger partial charge is 0.261 e. The summed E-state index contributed by atoms with van der Waals surface area (Å²) in [6.07, 6.45) is 0.807. The third-order valence-corrected chi connectivity index (χ3v) is 7.02. The van der Waals surface area contributed by atoms with Crippen molar-refractivity contribution in [1.82, 2.24) is 9.88 Å². The molecule has 0 radical (unpaired) electrons. The number of anilines is 1. The molecule has 0 saturated heterocycles. The molecule has 1 aromatic heterocycles. The van der Waals surface area contributed by atoms with Crippen molar-refractivity contribution in [3.8, 4) is 0 Å². The molecule has 1 heterocycles. The number of hydrogen-bond acceptors (Lipinski definition) is 3. The highest BCUT2D eigenvalue weighted by Gasteiger charge is 2.19. The number of carbonyl (C=O) groups is 1. The first-order valence-corrected chi connectivity index (χ1v) is 12.3. The average Bonchev–Trinajstić information content (AvgIpc) is 3.10. The molecule has 0 saturated carbocycles. The van der Waals surface area contributed by atoms with E-state index >= 15 is 0 Å². The fourth-order valence-corrected chi connectivity index (χ4v) is 5.09. The number of para-hydroxylation sites is 1. The van der Waals surface area contributed by atoms with Gasteiger partial charge in [-0.1, -0.05) is 31.2 Å². The van der Waals surface area contributed by atoms with Gasteiger partial charge in [-0.15, -0.1) is 0 Å². The van der Waals surface area contributed by atoms with E-state index in [2.05, 4.69) is 27.6 Å². The molecule has 32 heavy (non-hydrogen) atoms. The molecule has 0 aliphatic carbocycles. The lowest BCUT2D eigenvalue weighted by atomic mass is 10.1. The molecular formula is C25H27N3O3S. The van der Waals surface area contributed by atoms with Crippen LogP contribution in [0.2, 0.25) is 0 Å². The summed E-state index contributed by atoms with van der Waals surface area (Å²) in [4.78, 5) is 12.5. The maximum atomic E-state index is 13.1. The van der Waals surface area contributed by atoms with Crippen LogP contribution in [0, 0.1) is 6.92 Å². The summed E-state index contributed by atoms with van der Waals surface area (Å²) in [6.45, 7) is 7.21. The summed E-state index contributed by atoms with van der Waals surface area (Å²) in [6, 6.07) is 18.3. The van der Waals surface area contributed by atoms with Crippen molar-refractivity contribution >= 4 is 43.4 Å². The first-order chi connectivity index (χ1) is 15.4. The molecule has 7 heteroatoms. The highest BCUT2D eigenvalue weighted by Crippen LogP contribution is 2.31. The Hall–Kier alpha value is -3.32. The minimum Gasteiger partial charge on any atom is -0.352 e. The van der Waals surface area contributed by atoms with Crippen LogP contribution < -0.4 is 10.0 Å². The van der Waals surface area contributed by atoms with Crippen molar-refractivity contribution in [3.05, 3.63) is 71.8 Å². The maximum Gasteiger partial charge on any atom is 0.261 e. The van der Waals surface area contributed by atoms with Crippen LogP contribution >= 0.6 is 0 Å². The van der Waals surface area contributed by atoms with Crippen molar-refractivity contribution in [1.29, 1.82) is 0 Å². The first-order valence-electron chi connectivity index (χ1n) is 10.8. The molecule has 1 amide bonds. The molecule has 0 bridgehead atoms. The molecule has 166 valence electrons. The molecule has 0 atom stereocenters. The molecule has 0 fully saturated rings. The van der Waals surface area contributed by atoms with Crippen molar-refractivity contribution < 1.29 is 13.2 Å². The van der Waals surface area contributed by atoms with Gasteiger partial charge < -0.3 is 9.88 Å². The normalized spacial score (nSPS) is 11.7. The minimum atomic E-state index is -3.86. The molecule has 0 spiro atoms. The van der Waals surface area contributed by atoms with Crippen LogP contribution in [0.3, 0.4) is 0 Å². The zero-order chi connectivity index (χ0) is 22.9. The largest absolute Gasteiger partial charge is 0.352 e. The van der Waals surface area contributed by atoms with Crippen molar-refractivity contribution in [2.75, 3.05) is 11.3 Å². The summed E-state index contributed by atoms with van der Waals surface area (Å²) in [5.74, 6) is -0.268. The number of hydrogen-bond donors (Lipinski definition) is 2. The third kappa shape index (κ3) is 3.96. The minimum absolute atomic E-state index is 0.0563. The predicted octanol–water partition coefficient (Wildman–Crippen LogP) is 5.06. The van der Waals surface area contributed by atoms with Crippen LogP contribution in [0.4, 0.5) is 5.69 Å². The van der Waals surface area contributed by atoms with Crippen LogP contribution in [0.25, 0.3) is 21.8 Å². The fourth-order valence-electron chi connectivity index (χ4n) is 4.02. The van der Waals surface area contributed by atoms with Crippen LogP contribution in [0.15, 0.2) is 65.6 Å². The highest BCUT2D eigenvalue weighted by molar-refractivity contribution is 7.92. The Morgan fingerprint density at radius 3 is 2.44 bits per heavy atom. The second-order valence-corrected chi connectivity index (χ2v) is 9.51. The summed E-state index contributed by atoms with van der Waals surface area (Å²) in [5.41, 5.74) is 3.75. The molecule has 0 aliphatic rings.